The molecule has 0 spiro atoms. The van der Waals surface area contributed by atoms with E-state index in [0.717, 1.165) is 0 Å². The topological polar surface area (TPSA) is 77.8 Å². The minimum Gasteiger partial charge on any atom is -0.454 e. The molecule has 0 atom stereocenters. The number of carbonyl (C=O) groups excluding carboxylic acids is 1. The number of nitrogens with one attached hydrogen (secondary N) is 1. The van der Waals surface area contributed by atoms with Crippen LogP contribution in [0.15, 0.2) is 57.9 Å². The number of amides is 1. The lowest BCUT2D eigenvalue weighted by Crippen LogP contribution is -2.14. The average molecular weight is 309 g/mol. The zero-order valence-corrected chi connectivity index (χ0v) is 11.9. The summed E-state index contributed by atoms with van der Waals surface area (Å²) in [5.41, 5.74) is 0.382. The summed E-state index contributed by atoms with van der Waals surface area (Å²) in [6.07, 6.45) is 1.17. The SMILES string of the molecule is O=C(Nc1ccc2c(c1)OCO2)c1coc(=O)c2ccccc12. The van der Waals surface area contributed by atoms with Crippen LogP contribution >= 0.6 is 0 Å². The Balaban J connectivity index is 1.70. The van der Waals surface area contributed by atoms with E-state index in [-0.39, 0.29) is 18.3 Å². The summed E-state index contributed by atoms with van der Waals surface area (Å²) in [4.78, 5) is 24.2. The Morgan fingerprint density at radius 2 is 1.78 bits per heavy atom. The molecule has 6 heteroatoms. The molecule has 1 aliphatic heterocycles. The second-order valence-corrected chi connectivity index (χ2v) is 5.00. The van der Waals surface area contributed by atoms with Crippen LogP contribution in [0.3, 0.4) is 0 Å². The maximum Gasteiger partial charge on any atom is 0.343 e. The van der Waals surface area contributed by atoms with Crippen LogP contribution in [0.4, 0.5) is 5.69 Å². The van der Waals surface area contributed by atoms with Gasteiger partial charge in [0.15, 0.2) is 11.5 Å². The van der Waals surface area contributed by atoms with Crippen LogP contribution in [0.5, 0.6) is 11.5 Å². The van der Waals surface area contributed by atoms with E-state index in [1.54, 1.807) is 42.5 Å². The largest absolute Gasteiger partial charge is 0.454 e. The second-order valence-electron chi connectivity index (χ2n) is 5.00. The summed E-state index contributed by atoms with van der Waals surface area (Å²) in [5.74, 6) is 0.843. The van der Waals surface area contributed by atoms with E-state index in [1.165, 1.54) is 6.26 Å². The summed E-state index contributed by atoms with van der Waals surface area (Å²) in [6, 6.07) is 11.9. The van der Waals surface area contributed by atoms with E-state index < -0.39 is 5.63 Å². The Labute approximate surface area is 130 Å². The predicted molar refractivity (Wildman–Crippen MR) is 83.0 cm³/mol. The van der Waals surface area contributed by atoms with Crippen molar-refractivity contribution < 1.29 is 18.7 Å². The molecule has 0 aliphatic carbocycles. The first-order valence-corrected chi connectivity index (χ1v) is 6.94. The molecule has 4 rings (SSSR count). The molecule has 1 aromatic heterocycles. The molecule has 114 valence electrons. The van der Waals surface area contributed by atoms with Crippen LogP contribution in [0.2, 0.25) is 0 Å². The van der Waals surface area contributed by atoms with Crippen molar-refractivity contribution in [2.24, 2.45) is 0 Å². The fraction of sp³-hybridized carbons (Fsp3) is 0.0588. The quantitative estimate of drug-likeness (QED) is 0.787. The molecule has 0 fully saturated rings. The molecule has 1 N–H and O–H groups in total. The van der Waals surface area contributed by atoms with Gasteiger partial charge >= 0.3 is 5.63 Å². The normalized spacial score (nSPS) is 12.3. The van der Waals surface area contributed by atoms with Gasteiger partial charge in [0.25, 0.3) is 5.91 Å². The Morgan fingerprint density at radius 1 is 1.00 bits per heavy atom. The monoisotopic (exact) mass is 309 g/mol. The molecule has 6 nitrogen and oxygen atoms in total. The fourth-order valence-electron chi connectivity index (χ4n) is 2.48. The molecule has 1 aliphatic rings. The number of carbonyl (C=O) groups is 1. The highest BCUT2D eigenvalue weighted by Crippen LogP contribution is 2.34. The van der Waals surface area contributed by atoms with Crippen molar-refractivity contribution >= 4 is 22.4 Å². The van der Waals surface area contributed by atoms with Gasteiger partial charge in [0.2, 0.25) is 6.79 Å². The van der Waals surface area contributed by atoms with Gasteiger partial charge in [-0.15, -0.1) is 0 Å². The van der Waals surface area contributed by atoms with E-state index in [4.69, 9.17) is 13.9 Å². The average Bonchev–Trinajstić information content (AvgIpc) is 3.03. The molecule has 0 bridgehead atoms. The number of benzene rings is 2. The highest BCUT2D eigenvalue weighted by Gasteiger charge is 2.16. The number of fused-ring (bicyclic) bond motifs is 2. The molecule has 23 heavy (non-hydrogen) atoms. The summed E-state index contributed by atoms with van der Waals surface area (Å²) in [5, 5.41) is 3.67. The summed E-state index contributed by atoms with van der Waals surface area (Å²) in [6.45, 7) is 0.168. The smallest absolute Gasteiger partial charge is 0.343 e. The van der Waals surface area contributed by atoms with Crippen molar-refractivity contribution in [2.75, 3.05) is 12.1 Å². The second kappa shape index (κ2) is 5.17. The minimum atomic E-state index is -0.472. The van der Waals surface area contributed by atoms with Crippen LogP contribution in [0, 0.1) is 0 Å². The van der Waals surface area contributed by atoms with Crippen molar-refractivity contribution in [3.63, 3.8) is 0 Å². The van der Waals surface area contributed by atoms with Crippen LogP contribution in [-0.2, 0) is 0 Å². The Bertz CT molecular complexity index is 976. The number of anilines is 1. The van der Waals surface area contributed by atoms with E-state index in [0.29, 0.717) is 28.0 Å². The summed E-state index contributed by atoms with van der Waals surface area (Å²) >= 11 is 0. The van der Waals surface area contributed by atoms with Gasteiger partial charge < -0.3 is 19.2 Å². The minimum absolute atomic E-state index is 0.168. The maximum atomic E-state index is 12.5. The van der Waals surface area contributed by atoms with Gasteiger partial charge in [-0.1, -0.05) is 18.2 Å². The summed E-state index contributed by atoms with van der Waals surface area (Å²) in [7, 11) is 0. The van der Waals surface area contributed by atoms with E-state index in [9.17, 15) is 9.59 Å². The molecule has 1 amide bonds. The molecular weight excluding hydrogens is 298 g/mol. The molecular formula is C17H11NO5. The Morgan fingerprint density at radius 3 is 2.65 bits per heavy atom. The Kier molecular flexibility index (Phi) is 3.01. The molecule has 3 aromatic rings. The van der Waals surface area contributed by atoms with E-state index >= 15 is 0 Å². The third-order valence-corrected chi connectivity index (χ3v) is 3.60. The molecule has 0 saturated carbocycles. The van der Waals surface area contributed by atoms with Crippen molar-refractivity contribution in [1.82, 2.24) is 0 Å². The number of hydrogen-bond donors (Lipinski definition) is 1. The first-order chi connectivity index (χ1) is 11.2. The van der Waals surface area contributed by atoms with E-state index in [1.807, 2.05) is 0 Å². The van der Waals surface area contributed by atoms with Gasteiger partial charge in [-0.2, -0.15) is 0 Å². The number of ether oxygens (including phenoxy) is 2. The third-order valence-electron chi connectivity index (χ3n) is 3.60. The lowest BCUT2D eigenvalue weighted by molar-refractivity contribution is 0.102. The van der Waals surface area contributed by atoms with Gasteiger partial charge in [-0.05, 0) is 18.2 Å². The zero-order chi connectivity index (χ0) is 15.8. The van der Waals surface area contributed by atoms with Crippen molar-refractivity contribution in [2.45, 2.75) is 0 Å². The van der Waals surface area contributed by atoms with E-state index in [2.05, 4.69) is 5.32 Å². The molecule has 2 heterocycles. The lowest BCUT2D eigenvalue weighted by atomic mass is 10.1. The van der Waals surface area contributed by atoms with Gasteiger partial charge in [0.05, 0.1) is 10.9 Å². The molecule has 2 aromatic carbocycles. The number of hydrogen-bond acceptors (Lipinski definition) is 5. The lowest BCUT2D eigenvalue weighted by Gasteiger charge is -2.07. The highest BCUT2D eigenvalue weighted by molar-refractivity contribution is 6.12. The van der Waals surface area contributed by atoms with Crippen LogP contribution < -0.4 is 20.4 Å². The van der Waals surface area contributed by atoms with Gasteiger partial charge in [-0.3, -0.25) is 4.79 Å². The van der Waals surface area contributed by atoms with Gasteiger partial charge in [0.1, 0.15) is 6.26 Å². The first kappa shape index (κ1) is 13.4. The Hall–Kier alpha value is -3.28. The van der Waals surface area contributed by atoms with Crippen molar-refractivity contribution in [1.29, 1.82) is 0 Å². The highest BCUT2D eigenvalue weighted by atomic mass is 16.7. The van der Waals surface area contributed by atoms with Crippen molar-refractivity contribution in [3.8, 4) is 11.5 Å². The first-order valence-electron chi connectivity index (χ1n) is 6.94. The zero-order valence-electron chi connectivity index (χ0n) is 11.9. The van der Waals surface area contributed by atoms with Gasteiger partial charge in [0, 0.05) is 17.1 Å². The van der Waals surface area contributed by atoms with Crippen LogP contribution in [0.1, 0.15) is 10.4 Å². The third kappa shape index (κ3) is 2.30. The van der Waals surface area contributed by atoms with Gasteiger partial charge in [-0.25, -0.2) is 4.79 Å². The predicted octanol–water partition coefficient (Wildman–Crippen LogP) is 2.77. The fourth-order valence-corrected chi connectivity index (χ4v) is 2.48. The molecule has 0 unspecified atom stereocenters. The van der Waals surface area contributed by atoms with Crippen LogP contribution in [0.25, 0.3) is 10.8 Å². The standard InChI is InChI=1S/C17H11NO5/c19-16(18-10-5-6-14-15(7-10)23-9-22-14)13-8-21-17(20)12-4-2-1-3-11(12)13/h1-8H,9H2,(H,18,19). The molecule has 0 radical (unpaired) electrons. The van der Waals surface area contributed by atoms with Crippen molar-refractivity contribution in [3.05, 3.63) is 64.7 Å². The number of rotatable bonds is 2. The summed E-state index contributed by atoms with van der Waals surface area (Å²) < 4.78 is 15.5. The molecule has 0 saturated heterocycles. The maximum absolute atomic E-state index is 12.5. The van der Waals surface area contributed by atoms with Crippen LogP contribution in [-0.4, -0.2) is 12.7 Å².